The summed E-state index contributed by atoms with van der Waals surface area (Å²) in [6.45, 7) is 5.23. The molecule has 2 heterocycles. The van der Waals surface area contributed by atoms with Crippen molar-refractivity contribution < 1.29 is 17.4 Å². The first-order valence-electron chi connectivity index (χ1n) is 26.5. The molecule has 0 radical (unpaired) electrons. The summed E-state index contributed by atoms with van der Waals surface area (Å²) in [7, 11) is 0. The van der Waals surface area contributed by atoms with Gasteiger partial charge in [-0.1, -0.05) is 177 Å². The van der Waals surface area contributed by atoms with Crippen LogP contribution >= 0.6 is 0 Å². The smallest absolute Gasteiger partial charge is 0.149 e. The zero-order valence-electron chi connectivity index (χ0n) is 47.0. The standard InChI is InChI=1S/C61H59N3O/c1-39-24-26-41(27-25-39)43-30-31-62-53(35-43)46-33-44(40-18-13-11-14-19-40)32-45(34-46)49-22-17-23-55-56(49)63-58(51-37-48(60(5,6)7)38-52(57(51)65)61(8,9)10)64(55)54-29-28-47(59(2,3)4)36-50(54)42-20-15-12-16-21-42/h11-38,65H,1-10H3/i1D3,8D3,9D3. The van der Waals surface area contributed by atoms with Crippen LogP contribution in [-0.4, -0.2) is 19.6 Å². The number of phenols is 1. The summed E-state index contributed by atoms with van der Waals surface area (Å²) in [6.07, 6.45) is 1.75. The number of aromatic hydroxyl groups is 1. The second-order valence-electron chi connectivity index (χ2n) is 19.3. The van der Waals surface area contributed by atoms with E-state index in [9.17, 15) is 5.11 Å². The van der Waals surface area contributed by atoms with Gasteiger partial charge in [-0.05, 0) is 122 Å². The normalized spacial score (nSPS) is 14.8. The van der Waals surface area contributed by atoms with Gasteiger partial charge in [0.05, 0.1) is 28.0 Å². The summed E-state index contributed by atoms with van der Waals surface area (Å²) >= 11 is 0. The van der Waals surface area contributed by atoms with Crippen molar-refractivity contribution in [3.63, 3.8) is 0 Å². The van der Waals surface area contributed by atoms with Crippen LogP contribution in [0.1, 0.15) is 96.8 Å². The van der Waals surface area contributed by atoms with E-state index in [4.69, 9.17) is 22.3 Å². The highest BCUT2D eigenvalue weighted by atomic mass is 16.3. The van der Waals surface area contributed by atoms with Crippen LogP contribution in [-0.2, 0) is 16.2 Å². The second-order valence-corrected chi connectivity index (χ2v) is 19.3. The van der Waals surface area contributed by atoms with Crippen LogP contribution in [0, 0.1) is 6.85 Å². The Labute approximate surface area is 398 Å². The highest BCUT2D eigenvalue weighted by Gasteiger charge is 2.30. The van der Waals surface area contributed by atoms with Crippen molar-refractivity contribution in [3.8, 4) is 78.6 Å². The largest absolute Gasteiger partial charge is 0.507 e. The van der Waals surface area contributed by atoms with Gasteiger partial charge < -0.3 is 5.11 Å². The van der Waals surface area contributed by atoms with Crippen LogP contribution in [0.5, 0.6) is 5.75 Å². The van der Waals surface area contributed by atoms with Crippen LogP contribution in [0.2, 0.25) is 0 Å². The number of hydrogen-bond acceptors (Lipinski definition) is 3. The SMILES string of the molecule is [2H]C([2H])([2H])c1ccc(-c2ccnc(-c3cc(-c4ccccc4)cc(-c4cccc5c4nc(-c4cc(C(C)(C)C)cc(C(C)(C([2H])([2H])[2H])C([2H])([2H])[2H])c4O)n5-c4ccc(C(C)(C)C)cc4-c4ccccc4)c3)c2)cc1. The van der Waals surface area contributed by atoms with Crippen molar-refractivity contribution in [2.24, 2.45) is 0 Å². The molecule has 7 aromatic carbocycles. The number of aromatic nitrogens is 3. The van der Waals surface area contributed by atoms with Gasteiger partial charge in [0.2, 0.25) is 0 Å². The maximum absolute atomic E-state index is 12.8. The Kier molecular flexibility index (Phi) is 8.50. The molecule has 2 aromatic heterocycles. The van der Waals surface area contributed by atoms with E-state index in [1.807, 2.05) is 122 Å². The van der Waals surface area contributed by atoms with Crippen LogP contribution < -0.4 is 0 Å². The molecule has 9 aromatic rings. The number of pyridine rings is 1. The van der Waals surface area contributed by atoms with Gasteiger partial charge >= 0.3 is 0 Å². The highest BCUT2D eigenvalue weighted by Crippen LogP contribution is 2.46. The molecule has 65 heavy (non-hydrogen) atoms. The van der Waals surface area contributed by atoms with E-state index in [2.05, 4.69) is 69.3 Å². The van der Waals surface area contributed by atoms with E-state index >= 15 is 0 Å². The third kappa shape index (κ3) is 8.54. The van der Waals surface area contributed by atoms with Gasteiger partial charge in [0.1, 0.15) is 11.6 Å². The minimum atomic E-state index is -3.06. The van der Waals surface area contributed by atoms with Gasteiger partial charge in [-0.25, -0.2) is 4.98 Å². The molecule has 0 atom stereocenters. The number of nitrogens with zero attached hydrogens (tertiary/aromatic N) is 3. The topological polar surface area (TPSA) is 50.9 Å². The molecule has 0 saturated heterocycles. The summed E-state index contributed by atoms with van der Waals surface area (Å²) in [4.78, 5) is 10.4. The molecule has 9 rings (SSSR count). The monoisotopic (exact) mass is 859 g/mol. The zero-order chi connectivity index (χ0) is 53.3. The molecule has 324 valence electrons. The summed E-state index contributed by atoms with van der Waals surface area (Å²) in [6, 6.07) is 52.8. The Balaban J connectivity index is 1.37. The summed E-state index contributed by atoms with van der Waals surface area (Å²) in [5.41, 5.74) is 9.09. The Morgan fingerprint density at radius 3 is 1.82 bits per heavy atom. The molecule has 0 bridgehead atoms. The minimum absolute atomic E-state index is 0.180. The number of hydrogen-bond donors (Lipinski definition) is 1. The van der Waals surface area contributed by atoms with E-state index in [1.54, 1.807) is 18.3 Å². The molecular weight excluding hydrogens is 791 g/mol. The summed E-state index contributed by atoms with van der Waals surface area (Å²) in [5, 5.41) is 12.8. The van der Waals surface area contributed by atoms with Gasteiger partial charge in [-0.3, -0.25) is 9.55 Å². The van der Waals surface area contributed by atoms with Crippen molar-refractivity contribution in [2.75, 3.05) is 0 Å². The number of phenolic OH excluding ortho intramolecular Hbond substituents is 1. The van der Waals surface area contributed by atoms with Crippen LogP contribution in [0.3, 0.4) is 0 Å². The van der Waals surface area contributed by atoms with E-state index in [-0.39, 0.29) is 27.9 Å². The van der Waals surface area contributed by atoms with E-state index in [0.29, 0.717) is 22.3 Å². The lowest BCUT2D eigenvalue weighted by Crippen LogP contribution is -2.17. The number of aryl methyl sites for hydroxylation is 1. The number of rotatable bonds is 7. The predicted molar refractivity (Wildman–Crippen MR) is 274 cm³/mol. The van der Waals surface area contributed by atoms with Crippen molar-refractivity contribution in [3.05, 3.63) is 192 Å². The predicted octanol–water partition coefficient (Wildman–Crippen LogP) is 16.3. The minimum Gasteiger partial charge on any atom is -0.507 e. The number of para-hydroxylation sites is 1. The lowest BCUT2D eigenvalue weighted by atomic mass is 9.79. The summed E-state index contributed by atoms with van der Waals surface area (Å²) < 4.78 is 78.0. The van der Waals surface area contributed by atoms with Gasteiger partial charge in [0.25, 0.3) is 0 Å². The van der Waals surface area contributed by atoms with Crippen molar-refractivity contribution in [1.82, 2.24) is 14.5 Å². The number of imidazole rings is 1. The number of benzene rings is 7. The van der Waals surface area contributed by atoms with Crippen molar-refractivity contribution >= 4 is 11.0 Å². The van der Waals surface area contributed by atoms with E-state index in [0.717, 1.165) is 61.3 Å². The van der Waals surface area contributed by atoms with Gasteiger partial charge in [-0.15, -0.1) is 0 Å². The molecule has 0 aliphatic heterocycles. The fourth-order valence-corrected chi connectivity index (χ4v) is 8.58. The third-order valence-corrected chi connectivity index (χ3v) is 12.3. The molecule has 0 aliphatic rings. The highest BCUT2D eigenvalue weighted by molar-refractivity contribution is 5.98. The lowest BCUT2D eigenvalue weighted by molar-refractivity contribution is 0.446. The van der Waals surface area contributed by atoms with Gasteiger partial charge in [0, 0.05) is 40.8 Å². The van der Waals surface area contributed by atoms with Gasteiger partial charge in [0.15, 0.2) is 0 Å². The molecule has 0 aliphatic carbocycles. The van der Waals surface area contributed by atoms with Crippen molar-refractivity contribution in [2.45, 2.75) is 85.3 Å². The zero-order valence-corrected chi connectivity index (χ0v) is 38.0. The Bertz CT molecular complexity index is 3530. The molecule has 0 saturated carbocycles. The summed E-state index contributed by atoms with van der Waals surface area (Å²) in [5.74, 6) is -0.194. The average molecular weight is 859 g/mol. The first kappa shape index (κ1) is 33.5. The number of fused-ring (bicyclic) bond motifs is 1. The Morgan fingerprint density at radius 1 is 0.492 bits per heavy atom. The van der Waals surface area contributed by atoms with E-state index in [1.165, 1.54) is 13.0 Å². The van der Waals surface area contributed by atoms with Crippen LogP contribution in [0.4, 0.5) is 0 Å². The molecule has 0 unspecified atom stereocenters. The lowest BCUT2D eigenvalue weighted by Gasteiger charge is -2.28. The molecule has 0 spiro atoms. The third-order valence-electron chi connectivity index (χ3n) is 12.3. The molecular formula is C61H59N3O. The first-order chi connectivity index (χ1) is 34.6. The Morgan fingerprint density at radius 2 is 1.14 bits per heavy atom. The average Bonchev–Trinajstić information content (AvgIpc) is 3.74. The molecule has 0 amide bonds. The molecule has 1 N–H and O–H groups in total. The van der Waals surface area contributed by atoms with Gasteiger partial charge in [-0.2, -0.15) is 0 Å². The fourth-order valence-electron chi connectivity index (χ4n) is 8.58. The molecule has 0 fully saturated rings. The molecule has 4 heteroatoms. The maximum Gasteiger partial charge on any atom is 0.149 e. The van der Waals surface area contributed by atoms with Crippen molar-refractivity contribution in [1.29, 1.82) is 0 Å². The first-order valence-corrected chi connectivity index (χ1v) is 22.0. The Hall–Kier alpha value is -7.04. The second kappa shape index (κ2) is 16.5. The quantitative estimate of drug-likeness (QED) is 0.174. The fraction of sp³-hybridized carbons (Fsp3) is 0.213. The molecule has 4 nitrogen and oxygen atoms in total. The van der Waals surface area contributed by atoms with E-state index < -0.39 is 37.1 Å². The van der Waals surface area contributed by atoms with Crippen LogP contribution in [0.15, 0.2) is 170 Å². The van der Waals surface area contributed by atoms with Crippen LogP contribution in [0.25, 0.3) is 83.9 Å². The maximum atomic E-state index is 12.8.